The zero-order valence-corrected chi connectivity index (χ0v) is 16.3. The van der Waals surface area contributed by atoms with Crippen LogP contribution in [0.2, 0.25) is 0 Å². The van der Waals surface area contributed by atoms with Crippen LogP contribution in [0, 0.1) is 0 Å². The molecule has 138 valence electrons. The lowest BCUT2D eigenvalue weighted by Crippen LogP contribution is -2.26. The molecule has 0 aliphatic rings. The first kappa shape index (κ1) is 19.1. The average Bonchev–Trinajstić information content (AvgIpc) is 2.73. The number of methoxy groups -OCH3 is 1. The number of carbonyl (C=O) groups is 1. The molecule has 1 amide bonds. The van der Waals surface area contributed by atoms with Crippen molar-refractivity contribution in [3.8, 4) is 5.75 Å². The highest BCUT2D eigenvalue weighted by Crippen LogP contribution is 2.22. The van der Waals surface area contributed by atoms with Gasteiger partial charge in [-0.05, 0) is 54.4 Å². The van der Waals surface area contributed by atoms with E-state index in [4.69, 9.17) is 4.74 Å². The lowest BCUT2D eigenvalue weighted by atomic mass is 10.1. The van der Waals surface area contributed by atoms with E-state index in [0.717, 1.165) is 17.1 Å². The predicted octanol–water partition coefficient (Wildman–Crippen LogP) is 5.48. The monoisotopic (exact) mass is 377 g/mol. The van der Waals surface area contributed by atoms with Gasteiger partial charge in [0.15, 0.2) is 0 Å². The highest BCUT2D eigenvalue weighted by molar-refractivity contribution is 7.98. The number of thioether (sulfide) groups is 1. The number of ether oxygens (including phenoxy) is 1. The van der Waals surface area contributed by atoms with Gasteiger partial charge in [0.25, 0.3) is 5.91 Å². The van der Waals surface area contributed by atoms with Crippen LogP contribution in [-0.4, -0.2) is 13.0 Å². The normalized spacial score (nSPS) is 11.6. The van der Waals surface area contributed by atoms with Gasteiger partial charge in [-0.15, -0.1) is 11.8 Å². The lowest BCUT2D eigenvalue weighted by Gasteiger charge is -2.15. The molecule has 4 heteroatoms. The molecule has 0 spiro atoms. The van der Waals surface area contributed by atoms with E-state index < -0.39 is 0 Å². The van der Waals surface area contributed by atoms with E-state index in [-0.39, 0.29) is 11.9 Å². The van der Waals surface area contributed by atoms with Gasteiger partial charge in [0.1, 0.15) is 5.75 Å². The fourth-order valence-corrected chi connectivity index (χ4v) is 3.57. The molecular weight excluding hydrogens is 354 g/mol. The summed E-state index contributed by atoms with van der Waals surface area (Å²) in [5.41, 5.74) is 2.91. The number of hydrogen-bond donors (Lipinski definition) is 1. The van der Waals surface area contributed by atoms with Crippen molar-refractivity contribution in [2.24, 2.45) is 0 Å². The first-order chi connectivity index (χ1) is 13.2. The van der Waals surface area contributed by atoms with Crippen molar-refractivity contribution in [3.63, 3.8) is 0 Å². The molecule has 0 unspecified atom stereocenters. The van der Waals surface area contributed by atoms with Gasteiger partial charge in [0.05, 0.1) is 13.2 Å². The summed E-state index contributed by atoms with van der Waals surface area (Å²) in [4.78, 5) is 13.7. The SMILES string of the molecule is COc1ccc([C@@H](C)NC(=O)c2ccc(CSc3ccccc3)cc2)cc1. The van der Waals surface area contributed by atoms with E-state index in [1.165, 1.54) is 10.5 Å². The zero-order valence-electron chi connectivity index (χ0n) is 15.5. The van der Waals surface area contributed by atoms with Gasteiger partial charge in [-0.1, -0.05) is 42.5 Å². The maximum Gasteiger partial charge on any atom is 0.251 e. The minimum Gasteiger partial charge on any atom is -0.497 e. The van der Waals surface area contributed by atoms with Crippen molar-refractivity contribution in [2.45, 2.75) is 23.6 Å². The van der Waals surface area contributed by atoms with Crippen LogP contribution in [0.25, 0.3) is 0 Å². The summed E-state index contributed by atoms with van der Waals surface area (Å²) >= 11 is 1.79. The van der Waals surface area contributed by atoms with Gasteiger partial charge in [0, 0.05) is 16.2 Å². The van der Waals surface area contributed by atoms with Crippen molar-refractivity contribution in [1.29, 1.82) is 0 Å². The molecule has 0 bridgehead atoms. The van der Waals surface area contributed by atoms with E-state index in [1.54, 1.807) is 18.9 Å². The average molecular weight is 378 g/mol. The molecule has 0 saturated carbocycles. The highest BCUT2D eigenvalue weighted by Gasteiger charge is 2.11. The minimum atomic E-state index is -0.0725. The first-order valence-electron chi connectivity index (χ1n) is 8.87. The molecule has 3 rings (SSSR count). The van der Waals surface area contributed by atoms with E-state index in [2.05, 4.69) is 17.4 Å². The molecule has 1 atom stereocenters. The van der Waals surface area contributed by atoms with Crippen LogP contribution < -0.4 is 10.1 Å². The predicted molar refractivity (Wildman–Crippen MR) is 111 cm³/mol. The summed E-state index contributed by atoms with van der Waals surface area (Å²) in [5, 5.41) is 3.04. The second-order valence-corrected chi connectivity index (χ2v) is 7.32. The van der Waals surface area contributed by atoms with E-state index in [1.807, 2.05) is 73.7 Å². The summed E-state index contributed by atoms with van der Waals surface area (Å²) < 4.78 is 5.17. The quantitative estimate of drug-likeness (QED) is 0.554. The zero-order chi connectivity index (χ0) is 19.1. The minimum absolute atomic E-state index is 0.0689. The lowest BCUT2D eigenvalue weighted by molar-refractivity contribution is 0.0940. The Bertz CT molecular complexity index is 861. The first-order valence-corrected chi connectivity index (χ1v) is 9.86. The molecule has 3 aromatic rings. The fraction of sp³-hybridized carbons (Fsp3) is 0.174. The van der Waals surface area contributed by atoms with Crippen LogP contribution in [0.5, 0.6) is 5.75 Å². The third kappa shape index (κ3) is 5.38. The van der Waals surface area contributed by atoms with Gasteiger partial charge < -0.3 is 10.1 Å². The van der Waals surface area contributed by atoms with Crippen molar-refractivity contribution in [3.05, 3.63) is 95.6 Å². The van der Waals surface area contributed by atoms with Crippen LogP contribution in [0.4, 0.5) is 0 Å². The van der Waals surface area contributed by atoms with Crippen LogP contribution in [-0.2, 0) is 5.75 Å². The van der Waals surface area contributed by atoms with Gasteiger partial charge >= 0.3 is 0 Å². The summed E-state index contributed by atoms with van der Waals surface area (Å²) in [6.45, 7) is 1.98. The Morgan fingerprint density at radius 1 is 0.963 bits per heavy atom. The Hall–Kier alpha value is -2.72. The molecule has 0 radical (unpaired) electrons. The molecule has 0 aromatic heterocycles. The van der Waals surface area contributed by atoms with Crippen molar-refractivity contribution >= 4 is 17.7 Å². The maximum absolute atomic E-state index is 12.5. The fourth-order valence-electron chi connectivity index (χ4n) is 2.69. The number of rotatable bonds is 7. The third-order valence-electron chi connectivity index (χ3n) is 4.33. The van der Waals surface area contributed by atoms with Gasteiger partial charge in [-0.25, -0.2) is 0 Å². The van der Waals surface area contributed by atoms with Crippen molar-refractivity contribution < 1.29 is 9.53 Å². The van der Waals surface area contributed by atoms with Gasteiger partial charge in [-0.2, -0.15) is 0 Å². The second-order valence-electron chi connectivity index (χ2n) is 6.27. The van der Waals surface area contributed by atoms with Crippen molar-refractivity contribution in [1.82, 2.24) is 5.32 Å². The maximum atomic E-state index is 12.5. The number of benzene rings is 3. The topological polar surface area (TPSA) is 38.3 Å². The summed E-state index contributed by atoms with van der Waals surface area (Å²) in [7, 11) is 1.64. The molecule has 0 fully saturated rings. The third-order valence-corrected chi connectivity index (χ3v) is 5.41. The van der Waals surface area contributed by atoms with E-state index >= 15 is 0 Å². The van der Waals surface area contributed by atoms with Gasteiger partial charge in [-0.3, -0.25) is 4.79 Å². The summed E-state index contributed by atoms with van der Waals surface area (Å²) in [6, 6.07) is 25.8. The number of hydrogen-bond acceptors (Lipinski definition) is 3. The Kier molecular flexibility index (Phi) is 6.55. The smallest absolute Gasteiger partial charge is 0.251 e. The highest BCUT2D eigenvalue weighted by atomic mass is 32.2. The van der Waals surface area contributed by atoms with Crippen LogP contribution in [0.1, 0.15) is 34.5 Å². The number of amides is 1. The molecule has 0 aliphatic heterocycles. The number of nitrogens with one attached hydrogen (secondary N) is 1. The summed E-state index contributed by atoms with van der Waals surface area (Å²) in [5.74, 6) is 1.62. The Balaban J connectivity index is 1.56. The molecule has 3 aromatic carbocycles. The van der Waals surface area contributed by atoms with Crippen LogP contribution >= 0.6 is 11.8 Å². The molecule has 1 N–H and O–H groups in total. The second kappa shape index (κ2) is 9.28. The molecule has 27 heavy (non-hydrogen) atoms. The molecule has 0 heterocycles. The molecule has 0 aliphatic carbocycles. The Morgan fingerprint density at radius 3 is 2.26 bits per heavy atom. The van der Waals surface area contributed by atoms with Crippen molar-refractivity contribution in [2.75, 3.05) is 7.11 Å². The Labute approximate surface area is 164 Å². The van der Waals surface area contributed by atoms with E-state index in [0.29, 0.717) is 5.56 Å². The van der Waals surface area contributed by atoms with E-state index in [9.17, 15) is 4.79 Å². The standard InChI is InChI=1S/C23H23NO2S/c1-17(19-12-14-21(26-2)15-13-19)24-23(25)20-10-8-18(9-11-20)16-27-22-6-4-3-5-7-22/h3-15,17H,16H2,1-2H3,(H,24,25)/t17-/m1/s1. The Morgan fingerprint density at radius 2 is 1.63 bits per heavy atom. The van der Waals surface area contributed by atoms with Crippen LogP contribution in [0.15, 0.2) is 83.8 Å². The molecule has 0 saturated heterocycles. The number of carbonyl (C=O) groups excluding carboxylic acids is 1. The van der Waals surface area contributed by atoms with Crippen LogP contribution in [0.3, 0.4) is 0 Å². The van der Waals surface area contributed by atoms with Gasteiger partial charge in [0.2, 0.25) is 0 Å². The largest absolute Gasteiger partial charge is 0.497 e. The molecule has 3 nitrogen and oxygen atoms in total. The molecular formula is C23H23NO2S. The summed E-state index contributed by atoms with van der Waals surface area (Å²) in [6.07, 6.45) is 0.